The van der Waals surface area contributed by atoms with Gasteiger partial charge in [0, 0.05) is 43.0 Å². The van der Waals surface area contributed by atoms with Gasteiger partial charge in [0.2, 0.25) is 0 Å². The maximum Gasteiger partial charge on any atom is 0.143 e. The molecule has 0 saturated heterocycles. The molecule has 0 aliphatic rings. The first-order valence-electron chi connectivity index (χ1n) is 20.8. The summed E-state index contributed by atoms with van der Waals surface area (Å²) in [5.74, 6) is 0. The van der Waals surface area contributed by atoms with Crippen LogP contribution in [0, 0.1) is 0 Å². The quantitative estimate of drug-likeness (QED) is 0.184. The highest BCUT2D eigenvalue weighted by Crippen LogP contribution is 2.45. The molecule has 0 fully saturated rings. The third kappa shape index (κ3) is 4.55. The van der Waals surface area contributed by atoms with Gasteiger partial charge in [0.15, 0.2) is 0 Å². The molecule has 3 heteroatoms. The Hall–Kier alpha value is -6.16. The lowest BCUT2D eigenvalue weighted by Crippen LogP contribution is -2.09. The van der Waals surface area contributed by atoms with E-state index in [4.69, 9.17) is 18.1 Å². The van der Waals surface area contributed by atoms with E-state index in [1.165, 1.54) is 0 Å². The van der Waals surface area contributed by atoms with Gasteiger partial charge in [-0.25, -0.2) is 0 Å². The molecule has 0 spiro atoms. The number of thiophene rings is 1. The summed E-state index contributed by atoms with van der Waals surface area (Å²) in [6.07, 6.45) is 0. The molecule has 0 radical (unpaired) electrons. The molecule has 10 aromatic rings. The normalized spacial score (nSPS) is 14.5. The van der Waals surface area contributed by atoms with Crippen LogP contribution in [0.5, 0.6) is 0 Å². The van der Waals surface area contributed by atoms with E-state index in [9.17, 15) is 0 Å². The number of hydrogen-bond acceptors (Lipinski definition) is 3. The van der Waals surface area contributed by atoms with Gasteiger partial charge in [-0.1, -0.05) is 121 Å². The van der Waals surface area contributed by atoms with Crippen LogP contribution in [0.1, 0.15) is 13.7 Å². The van der Waals surface area contributed by atoms with Gasteiger partial charge in [-0.05, 0) is 82.2 Å². The Morgan fingerprint density at radius 3 is 2.00 bits per heavy atom. The van der Waals surface area contributed by atoms with Crippen molar-refractivity contribution in [2.45, 2.75) is 0 Å². The van der Waals surface area contributed by atoms with E-state index < -0.39 is 36.3 Å². The number of fused-ring (bicyclic) bond motifs is 8. The molecule has 8 aromatic carbocycles. The first-order chi connectivity index (χ1) is 28.4. The van der Waals surface area contributed by atoms with Gasteiger partial charge in [0.1, 0.15) is 11.2 Å². The Kier molecular flexibility index (Phi) is 4.49. The van der Waals surface area contributed by atoms with Crippen molar-refractivity contribution in [1.82, 2.24) is 0 Å². The average Bonchev–Trinajstić information content (AvgIpc) is 3.84. The number of benzene rings is 8. The summed E-state index contributed by atoms with van der Waals surface area (Å²) >= 11 is 1.59. The number of rotatable bonds is 5. The Morgan fingerprint density at radius 2 is 1.18 bits per heavy atom. The summed E-state index contributed by atoms with van der Waals surface area (Å²) in [5.41, 5.74) is 4.89. The minimum Gasteiger partial charge on any atom is -0.455 e. The molecule has 0 aliphatic carbocycles. The van der Waals surface area contributed by atoms with Crippen LogP contribution >= 0.6 is 11.3 Å². The zero-order valence-corrected chi connectivity index (χ0v) is 26.5. The van der Waals surface area contributed by atoms with Crippen molar-refractivity contribution >= 4 is 81.3 Å². The number of para-hydroxylation sites is 1. The smallest absolute Gasteiger partial charge is 0.143 e. The summed E-state index contributed by atoms with van der Waals surface area (Å²) in [6, 6.07) is 33.1. The van der Waals surface area contributed by atoms with Crippen LogP contribution in [0.2, 0.25) is 0 Å². The minimum atomic E-state index is -0.460. The third-order valence-corrected chi connectivity index (χ3v) is 10.3. The number of anilines is 3. The van der Waals surface area contributed by atoms with Crippen molar-refractivity contribution in [1.29, 1.82) is 0 Å². The van der Waals surface area contributed by atoms with Gasteiger partial charge in [0.25, 0.3) is 0 Å². The molecule has 0 atom stereocenters. The number of furan rings is 1. The Bertz CT molecular complexity index is 3350. The van der Waals surface area contributed by atoms with Crippen molar-refractivity contribution in [2.24, 2.45) is 0 Å². The molecule has 0 N–H and O–H groups in total. The molecule has 2 aromatic heterocycles. The van der Waals surface area contributed by atoms with Gasteiger partial charge in [0.05, 0.1) is 24.1 Å². The van der Waals surface area contributed by atoms with Crippen molar-refractivity contribution in [3.8, 4) is 22.3 Å². The lowest BCUT2D eigenvalue weighted by atomic mass is 9.95. The highest BCUT2D eigenvalue weighted by Gasteiger charge is 2.19. The molecule has 2 nitrogen and oxygen atoms in total. The highest BCUT2D eigenvalue weighted by atomic mass is 32.1. The lowest BCUT2D eigenvalue weighted by Gasteiger charge is -2.26. The molecule has 0 unspecified atom stereocenters. The van der Waals surface area contributed by atoms with E-state index >= 15 is 0 Å². The standard InChI is InChI=1S/C46H29NOS/c1-3-12-31(13-4-1)40-29-41-36-27-24-32(28-43(36)48-45(41)38-18-8-7-16-35(38)40)30-22-25-34(26-23-30)47(33-14-5-2-6-15-33)42-20-11-19-39-37-17-9-10-21-44(37)49-46(39)42/h1-29H/i1D,2D,3D,4D,5D,6D,12D,13D,14D,15D. The zero-order valence-electron chi connectivity index (χ0n) is 35.7. The maximum atomic E-state index is 8.98. The summed E-state index contributed by atoms with van der Waals surface area (Å²) in [5, 5.41) is 5.06. The van der Waals surface area contributed by atoms with Crippen LogP contribution in [-0.4, -0.2) is 0 Å². The summed E-state index contributed by atoms with van der Waals surface area (Å²) in [4.78, 5) is 1.75. The van der Waals surface area contributed by atoms with Crippen molar-refractivity contribution in [2.75, 3.05) is 4.90 Å². The largest absolute Gasteiger partial charge is 0.455 e. The fourth-order valence-corrected chi connectivity index (χ4v) is 8.03. The second-order valence-corrected chi connectivity index (χ2v) is 12.8. The molecule has 230 valence electrons. The predicted octanol–water partition coefficient (Wildman–Crippen LogP) is 13.9. The number of hydrogen-bond donors (Lipinski definition) is 0. The minimum absolute atomic E-state index is 0.0487. The average molecular weight is 654 g/mol. The second-order valence-electron chi connectivity index (χ2n) is 11.8. The Balaban J connectivity index is 1.12. The Labute approximate surface area is 301 Å². The van der Waals surface area contributed by atoms with Gasteiger partial charge < -0.3 is 9.32 Å². The molecule has 0 amide bonds. The van der Waals surface area contributed by atoms with Crippen LogP contribution < -0.4 is 4.90 Å². The topological polar surface area (TPSA) is 16.4 Å². The monoisotopic (exact) mass is 653 g/mol. The summed E-state index contributed by atoms with van der Waals surface area (Å²) in [7, 11) is 0. The van der Waals surface area contributed by atoms with E-state index in [0.717, 1.165) is 47.5 Å². The van der Waals surface area contributed by atoms with Crippen LogP contribution in [0.25, 0.3) is 75.1 Å². The second kappa shape index (κ2) is 11.2. The highest BCUT2D eigenvalue weighted by molar-refractivity contribution is 7.26. The van der Waals surface area contributed by atoms with Crippen LogP contribution in [0.3, 0.4) is 0 Å². The van der Waals surface area contributed by atoms with Crippen molar-refractivity contribution in [3.05, 3.63) is 176 Å². The van der Waals surface area contributed by atoms with E-state index in [0.29, 0.717) is 33.5 Å². The van der Waals surface area contributed by atoms with Gasteiger partial charge >= 0.3 is 0 Å². The van der Waals surface area contributed by atoms with Crippen molar-refractivity contribution < 1.29 is 18.1 Å². The van der Waals surface area contributed by atoms with Gasteiger partial charge in [-0.15, -0.1) is 11.3 Å². The fraction of sp³-hybridized carbons (Fsp3) is 0. The summed E-state index contributed by atoms with van der Waals surface area (Å²) < 4.78 is 94.0. The molecule has 0 saturated carbocycles. The first-order valence-corrected chi connectivity index (χ1v) is 16.6. The van der Waals surface area contributed by atoms with E-state index in [2.05, 4.69) is 6.07 Å². The predicted molar refractivity (Wildman–Crippen MR) is 210 cm³/mol. The fourth-order valence-electron chi connectivity index (χ4n) is 6.82. The van der Waals surface area contributed by atoms with E-state index in [-0.39, 0.29) is 35.4 Å². The number of nitrogens with zero attached hydrogens (tertiary/aromatic N) is 1. The van der Waals surface area contributed by atoms with Gasteiger partial charge in [-0.3, -0.25) is 0 Å². The van der Waals surface area contributed by atoms with Crippen LogP contribution in [0.4, 0.5) is 17.1 Å². The zero-order chi connectivity index (χ0) is 41.0. The van der Waals surface area contributed by atoms with Crippen LogP contribution in [-0.2, 0) is 0 Å². The molecule has 0 aliphatic heterocycles. The van der Waals surface area contributed by atoms with Crippen LogP contribution in [0.15, 0.2) is 180 Å². The molecule has 0 bridgehead atoms. The molecule has 2 heterocycles. The van der Waals surface area contributed by atoms with Gasteiger partial charge in [-0.2, -0.15) is 0 Å². The van der Waals surface area contributed by atoms with E-state index in [1.807, 2.05) is 109 Å². The van der Waals surface area contributed by atoms with Crippen molar-refractivity contribution in [3.63, 3.8) is 0 Å². The Morgan fingerprint density at radius 1 is 0.490 bits per heavy atom. The van der Waals surface area contributed by atoms with E-state index in [1.54, 1.807) is 16.2 Å². The molecular weight excluding hydrogens is 615 g/mol. The lowest BCUT2D eigenvalue weighted by molar-refractivity contribution is 0.673. The molecule has 49 heavy (non-hydrogen) atoms. The SMILES string of the molecule is [2H]c1c([2H])c([2H])c(-c2cc3c4ccc(-c5ccc(N(c6c([2H])c([2H])c([2H])c([2H])c6[2H])c6cccc7c6sc6ccccc67)cc5)cc4oc3c3ccccc23)c([2H])c1[2H]. The molecule has 10 rings (SSSR count). The third-order valence-electron chi connectivity index (χ3n) is 9.04. The summed E-state index contributed by atoms with van der Waals surface area (Å²) in [6.45, 7) is 0. The first kappa shape index (κ1) is 19.6. The molecular formula is C46H29NOS. The maximum absolute atomic E-state index is 8.98.